The van der Waals surface area contributed by atoms with Crippen LogP contribution in [0.15, 0.2) is 39.7 Å². The fraction of sp³-hybridized carbons (Fsp3) is 0.391. The Morgan fingerprint density at radius 2 is 1.91 bits per heavy atom. The predicted molar refractivity (Wildman–Crippen MR) is 128 cm³/mol. The summed E-state index contributed by atoms with van der Waals surface area (Å²) >= 11 is 3.39. The molecule has 0 saturated heterocycles. The van der Waals surface area contributed by atoms with Gasteiger partial charge in [-0.15, -0.1) is 0 Å². The zero-order valence-electron chi connectivity index (χ0n) is 18.4. The summed E-state index contributed by atoms with van der Waals surface area (Å²) in [5.41, 5.74) is 1.68. The van der Waals surface area contributed by atoms with E-state index in [4.69, 9.17) is 9.47 Å². The van der Waals surface area contributed by atoms with Crippen molar-refractivity contribution in [1.82, 2.24) is 0 Å². The summed E-state index contributed by atoms with van der Waals surface area (Å²) in [5, 5.41) is 2.69. The molecule has 176 valence electrons. The maximum absolute atomic E-state index is 13.3. The van der Waals surface area contributed by atoms with Crippen molar-refractivity contribution in [2.24, 2.45) is 5.92 Å². The smallest absolute Gasteiger partial charge is 0.230 e. The number of hydrogen-bond donors (Lipinski definition) is 1. The minimum atomic E-state index is -3.84. The number of amides is 2. The molecule has 1 heterocycles. The van der Waals surface area contributed by atoms with E-state index in [-0.39, 0.29) is 28.9 Å². The van der Waals surface area contributed by atoms with Crippen molar-refractivity contribution in [2.45, 2.75) is 30.6 Å². The highest BCUT2D eigenvalue weighted by Gasteiger charge is 2.39. The van der Waals surface area contributed by atoms with Crippen molar-refractivity contribution >= 4 is 49.0 Å². The normalized spacial score (nSPS) is 15.2. The molecular weight excluding hydrogens is 512 g/mol. The van der Waals surface area contributed by atoms with Gasteiger partial charge in [-0.05, 0) is 49.1 Å². The Morgan fingerprint density at radius 3 is 2.58 bits per heavy atom. The van der Waals surface area contributed by atoms with Crippen molar-refractivity contribution in [2.75, 3.05) is 36.7 Å². The third-order valence-electron chi connectivity index (χ3n) is 5.80. The summed E-state index contributed by atoms with van der Waals surface area (Å²) in [6.45, 7) is 0.472. The Hall–Kier alpha value is -2.59. The van der Waals surface area contributed by atoms with Gasteiger partial charge in [0.05, 0.1) is 36.2 Å². The lowest BCUT2D eigenvalue weighted by molar-refractivity contribution is -0.119. The Morgan fingerprint density at radius 1 is 1.15 bits per heavy atom. The van der Waals surface area contributed by atoms with Gasteiger partial charge in [-0.1, -0.05) is 15.9 Å². The monoisotopic (exact) mass is 536 g/mol. The molecule has 1 N–H and O–H groups in total. The van der Waals surface area contributed by atoms with Gasteiger partial charge in [0.1, 0.15) is 11.5 Å². The van der Waals surface area contributed by atoms with Crippen LogP contribution in [0.25, 0.3) is 0 Å². The van der Waals surface area contributed by atoms with Gasteiger partial charge in [0, 0.05) is 29.4 Å². The summed E-state index contributed by atoms with van der Waals surface area (Å²) < 4.78 is 37.6. The Balaban J connectivity index is 1.53. The highest BCUT2D eigenvalue weighted by atomic mass is 79.9. The number of anilines is 2. The number of ether oxygens (including phenoxy) is 2. The molecule has 0 spiro atoms. The first kappa shape index (κ1) is 23.6. The number of halogens is 1. The zero-order valence-corrected chi connectivity index (χ0v) is 20.8. The van der Waals surface area contributed by atoms with Crippen LogP contribution in [-0.2, 0) is 25.8 Å². The Kier molecular flexibility index (Phi) is 6.67. The van der Waals surface area contributed by atoms with Crippen molar-refractivity contribution in [3.05, 3.63) is 40.4 Å². The molecule has 1 fully saturated rings. The van der Waals surface area contributed by atoms with Crippen molar-refractivity contribution in [1.29, 1.82) is 0 Å². The lowest BCUT2D eigenvalue weighted by atomic mass is 10.2. The number of rotatable bonds is 8. The first-order valence-corrected chi connectivity index (χ1v) is 13.1. The second-order valence-corrected chi connectivity index (χ2v) is 11.1. The van der Waals surface area contributed by atoms with E-state index >= 15 is 0 Å². The van der Waals surface area contributed by atoms with E-state index in [2.05, 4.69) is 21.2 Å². The number of carbonyl (C=O) groups excluding carboxylic acids is 2. The predicted octanol–water partition coefficient (Wildman–Crippen LogP) is 3.57. The first-order chi connectivity index (χ1) is 15.7. The van der Waals surface area contributed by atoms with Crippen LogP contribution in [0.3, 0.4) is 0 Å². The fourth-order valence-corrected chi connectivity index (χ4v) is 6.11. The second-order valence-electron chi connectivity index (χ2n) is 8.11. The summed E-state index contributed by atoms with van der Waals surface area (Å²) in [5.74, 6) is 0.0751. The van der Waals surface area contributed by atoms with Crippen LogP contribution < -0.4 is 19.7 Å². The third kappa shape index (κ3) is 5.01. The van der Waals surface area contributed by atoms with Crippen molar-refractivity contribution in [3.63, 3.8) is 0 Å². The van der Waals surface area contributed by atoms with E-state index < -0.39 is 15.7 Å². The number of sulfone groups is 1. The molecule has 8 nitrogen and oxygen atoms in total. The fourth-order valence-electron chi connectivity index (χ4n) is 3.94. The van der Waals surface area contributed by atoms with Gasteiger partial charge in [0.15, 0.2) is 9.84 Å². The molecule has 2 aliphatic rings. The average Bonchev–Trinajstić information content (AvgIpc) is 3.56. The number of methoxy groups -OCH3 is 2. The van der Waals surface area contributed by atoms with Crippen LogP contribution in [0, 0.1) is 5.92 Å². The largest absolute Gasteiger partial charge is 0.497 e. The highest BCUT2D eigenvalue weighted by molar-refractivity contribution is 9.10. The molecule has 0 radical (unpaired) electrons. The minimum Gasteiger partial charge on any atom is -0.497 e. The van der Waals surface area contributed by atoms with Gasteiger partial charge >= 0.3 is 0 Å². The number of nitrogens with one attached hydrogen (secondary N) is 1. The van der Waals surface area contributed by atoms with E-state index in [1.165, 1.54) is 20.3 Å². The molecule has 2 amide bonds. The van der Waals surface area contributed by atoms with E-state index in [1.54, 1.807) is 23.1 Å². The highest BCUT2D eigenvalue weighted by Crippen LogP contribution is 2.41. The van der Waals surface area contributed by atoms with Crippen LogP contribution in [0.4, 0.5) is 11.4 Å². The zero-order chi connectivity index (χ0) is 23.8. The molecule has 1 saturated carbocycles. The molecule has 10 heteroatoms. The molecular formula is C23H25BrN2O6S. The summed E-state index contributed by atoms with van der Waals surface area (Å²) in [6, 6.07) is 8.34. The summed E-state index contributed by atoms with van der Waals surface area (Å²) in [7, 11) is -0.852. The number of hydrogen-bond acceptors (Lipinski definition) is 6. The molecule has 0 aromatic heterocycles. The average molecular weight is 537 g/mol. The minimum absolute atomic E-state index is 0.0150. The van der Waals surface area contributed by atoms with Gasteiger partial charge in [-0.2, -0.15) is 0 Å². The molecule has 1 aliphatic heterocycles. The quantitative estimate of drug-likeness (QED) is 0.553. The molecule has 4 rings (SSSR count). The van der Waals surface area contributed by atoms with E-state index in [9.17, 15) is 18.0 Å². The van der Waals surface area contributed by atoms with Gasteiger partial charge in [-0.3, -0.25) is 9.59 Å². The maximum atomic E-state index is 13.3. The topological polar surface area (TPSA) is 102 Å². The van der Waals surface area contributed by atoms with Gasteiger partial charge in [0.25, 0.3) is 0 Å². The molecule has 1 aliphatic carbocycles. The third-order valence-corrected chi connectivity index (χ3v) is 7.98. The molecule has 2 aromatic carbocycles. The molecule has 33 heavy (non-hydrogen) atoms. The summed E-state index contributed by atoms with van der Waals surface area (Å²) in [4.78, 5) is 27.0. The first-order valence-electron chi connectivity index (χ1n) is 10.6. The van der Waals surface area contributed by atoms with Gasteiger partial charge in [0.2, 0.25) is 11.8 Å². The molecule has 2 aromatic rings. The molecule has 0 unspecified atom stereocenters. The van der Waals surface area contributed by atoms with E-state index in [0.717, 1.165) is 18.4 Å². The number of nitrogens with zero attached hydrogens (tertiary/aromatic N) is 1. The van der Waals surface area contributed by atoms with Crippen LogP contribution >= 0.6 is 15.9 Å². The van der Waals surface area contributed by atoms with E-state index in [0.29, 0.717) is 40.3 Å². The second kappa shape index (κ2) is 9.34. The van der Waals surface area contributed by atoms with Gasteiger partial charge in [-0.25, -0.2) is 8.42 Å². The maximum Gasteiger partial charge on any atom is 0.230 e. The number of fused-ring (bicyclic) bond motifs is 1. The van der Waals surface area contributed by atoms with Crippen LogP contribution in [-0.4, -0.2) is 46.7 Å². The number of carbonyl (C=O) groups is 2. The van der Waals surface area contributed by atoms with Crippen molar-refractivity contribution in [3.8, 4) is 11.5 Å². The molecule has 0 bridgehead atoms. The Bertz CT molecular complexity index is 1210. The van der Waals surface area contributed by atoms with Crippen LogP contribution in [0.2, 0.25) is 0 Å². The standard InChI is InChI=1S/C23H25BrN2O6S/c1-31-17-5-6-19(32-2)18(13-17)25-21(27)8-10-33(29,30)20-12-16(24)11-15-7-9-26(22(15)20)23(28)14-3-4-14/h5-6,11-14H,3-4,7-10H2,1-2H3,(H,25,27). The lowest BCUT2D eigenvalue weighted by Gasteiger charge is -2.21. The van der Waals surface area contributed by atoms with Gasteiger partial charge < -0.3 is 19.7 Å². The lowest BCUT2D eigenvalue weighted by Crippen LogP contribution is -2.31. The molecule has 0 atom stereocenters. The SMILES string of the molecule is COc1ccc(OC)c(NC(=O)CCS(=O)(=O)c2cc(Br)cc3c2N(C(=O)C2CC2)CC3)c1. The summed E-state index contributed by atoms with van der Waals surface area (Å²) in [6.07, 6.45) is 2.04. The van der Waals surface area contributed by atoms with Crippen LogP contribution in [0.1, 0.15) is 24.8 Å². The Labute approximate surface area is 201 Å². The number of benzene rings is 2. The van der Waals surface area contributed by atoms with E-state index in [1.807, 2.05) is 6.07 Å². The van der Waals surface area contributed by atoms with Crippen molar-refractivity contribution < 1.29 is 27.5 Å². The van der Waals surface area contributed by atoms with Crippen LogP contribution in [0.5, 0.6) is 11.5 Å².